The number of hydrogen-bond acceptors (Lipinski definition) is 4. The largest absolute Gasteiger partial charge is 0.463 e. The Morgan fingerprint density at radius 3 is 3.10 bits per heavy atom. The Kier molecular flexibility index (Phi) is 4.46. The van der Waals surface area contributed by atoms with Gasteiger partial charge >= 0.3 is 0 Å². The lowest BCUT2D eigenvalue weighted by molar-refractivity contribution is 0.0782. The molecule has 1 aliphatic rings. The van der Waals surface area contributed by atoms with E-state index in [0.717, 1.165) is 19.5 Å². The van der Waals surface area contributed by atoms with E-state index in [1.54, 1.807) is 23.3 Å². The number of H-pyrrole nitrogens is 1. The van der Waals surface area contributed by atoms with Crippen LogP contribution in [0, 0.1) is 5.92 Å². The van der Waals surface area contributed by atoms with Crippen molar-refractivity contribution in [1.82, 2.24) is 15.1 Å². The zero-order valence-corrected chi connectivity index (χ0v) is 11.7. The molecule has 108 valence electrons. The first-order chi connectivity index (χ1) is 9.28. The first-order valence-corrected chi connectivity index (χ1v) is 6.36. The van der Waals surface area contributed by atoms with Crippen molar-refractivity contribution in [1.29, 1.82) is 0 Å². The first kappa shape index (κ1) is 14.6. The normalized spacial score (nSPS) is 18.1. The fourth-order valence-corrected chi connectivity index (χ4v) is 2.36. The molecule has 3 heterocycles. The fraction of sp³-hybridized carbons (Fsp3) is 0.385. The molecule has 1 saturated heterocycles. The molecule has 2 aromatic heterocycles. The molecule has 3 N–H and O–H groups in total. The van der Waals surface area contributed by atoms with Crippen molar-refractivity contribution in [3.63, 3.8) is 0 Å². The number of hydrogen-bond donors (Lipinski definition) is 2. The topological polar surface area (TPSA) is 88.1 Å². The minimum absolute atomic E-state index is 0. The number of aromatic nitrogens is 2. The van der Waals surface area contributed by atoms with Gasteiger partial charge in [-0.25, -0.2) is 0 Å². The molecule has 1 atom stereocenters. The minimum Gasteiger partial charge on any atom is -0.463 e. The molecule has 1 fully saturated rings. The summed E-state index contributed by atoms with van der Waals surface area (Å²) in [5.41, 5.74) is 6.76. The molecule has 0 radical (unpaired) electrons. The first-order valence-electron chi connectivity index (χ1n) is 6.36. The molecular formula is C13H17ClN4O2. The molecule has 6 nitrogen and oxygen atoms in total. The number of rotatable bonds is 3. The van der Waals surface area contributed by atoms with Gasteiger partial charge < -0.3 is 15.1 Å². The highest BCUT2D eigenvalue weighted by molar-refractivity contribution is 5.93. The molecule has 0 aromatic carbocycles. The second-order valence-electron chi connectivity index (χ2n) is 4.79. The molecule has 2 aromatic rings. The van der Waals surface area contributed by atoms with Gasteiger partial charge in [0.15, 0.2) is 11.5 Å². The minimum atomic E-state index is -0.0509. The molecule has 1 unspecified atom stereocenters. The van der Waals surface area contributed by atoms with E-state index in [4.69, 9.17) is 10.2 Å². The Morgan fingerprint density at radius 2 is 2.45 bits per heavy atom. The van der Waals surface area contributed by atoms with Crippen LogP contribution >= 0.6 is 12.4 Å². The van der Waals surface area contributed by atoms with Crippen molar-refractivity contribution in [2.24, 2.45) is 11.7 Å². The molecule has 1 amide bonds. The summed E-state index contributed by atoms with van der Waals surface area (Å²) >= 11 is 0. The summed E-state index contributed by atoms with van der Waals surface area (Å²) in [6.45, 7) is 2.10. The molecule has 7 heteroatoms. The molecule has 20 heavy (non-hydrogen) atoms. The van der Waals surface area contributed by atoms with Crippen molar-refractivity contribution in [2.45, 2.75) is 6.42 Å². The second-order valence-corrected chi connectivity index (χ2v) is 4.79. The van der Waals surface area contributed by atoms with Crippen LogP contribution in [0.25, 0.3) is 11.5 Å². The molecular weight excluding hydrogens is 280 g/mol. The SMILES string of the molecule is Cl.NCC1CCN(C(=O)c2cc(-c3ccco3)[nH]n2)C1. The Hall–Kier alpha value is -1.79. The van der Waals surface area contributed by atoms with Crippen LogP contribution in [-0.4, -0.2) is 40.6 Å². The molecule has 0 spiro atoms. The van der Waals surface area contributed by atoms with E-state index in [0.29, 0.717) is 29.6 Å². The average Bonchev–Trinajstić information content (AvgIpc) is 3.16. The Labute approximate surface area is 122 Å². The van der Waals surface area contributed by atoms with Gasteiger partial charge in [0.05, 0.1) is 6.26 Å². The van der Waals surface area contributed by atoms with Crippen LogP contribution < -0.4 is 5.73 Å². The van der Waals surface area contributed by atoms with Crippen LogP contribution in [0.5, 0.6) is 0 Å². The summed E-state index contributed by atoms with van der Waals surface area (Å²) in [7, 11) is 0. The lowest BCUT2D eigenvalue weighted by atomic mass is 10.1. The Balaban J connectivity index is 0.00000147. The zero-order chi connectivity index (χ0) is 13.2. The van der Waals surface area contributed by atoms with Crippen molar-refractivity contribution in [2.75, 3.05) is 19.6 Å². The van der Waals surface area contributed by atoms with Crippen LogP contribution in [0.2, 0.25) is 0 Å². The predicted octanol–water partition coefficient (Wildman–Crippen LogP) is 1.51. The van der Waals surface area contributed by atoms with Gasteiger partial charge in [-0.3, -0.25) is 9.89 Å². The third-order valence-electron chi connectivity index (χ3n) is 3.49. The van der Waals surface area contributed by atoms with Crippen LogP contribution in [0.3, 0.4) is 0 Å². The van der Waals surface area contributed by atoms with E-state index in [2.05, 4.69) is 10.2 Å². The summed E-state index contributed by atoms with van der Waals surface area (Å²) < 4.78 is 5.26. The van der Waals surface area contributed by atoms with Gasteiger partial charge in [-0.2, -0.15) is 5.10 Å². The standard InChI is InChI=1S/C13H16N4O2.ClH/c14-7-9-3-4-17(8-9)13(18)11-6-10(15-16-11)12-2-1-5-19-12;/h1-2,5-6,9H,3-4,7-8,14H2,(H,15,16);1H. The number of aromatic amines is 1. The number of likely N-dealkylation sites (tertiary alicyclic amines) is 1. The van der Waals surface area contributed by atoms with E-state index in [-0.39, 0.29) is 18.3 Å². The predicted molar refractivity (Wildman–Crippen MR) is 76.6 cm³/mol. The fourth-order valence-electron chi connectivity index (χ4n) is 2.36. The van der Waals surface area contributed by atoms with Crippen molar-refractivity contribution < 1.29 is 9.21 Å². The van der Waals surface area contributed by atoms with E-state index >= 15 is 0 Å². The average molecular weight is 297 g/mol. The molecule has 1 aliphatic heterocycles. The number of nitrogens with zero attached hydrogens (tertiary/aromatic N) is 2. The number of amides is 1. The molecule has 0 aliphatic carbocycles. The highest BCUT2D eigenvalue weighted by Gasteiger charge is 2.27. The number of nitrogens with two attached hydrogens (primary N) is 1. The van der Waals surface area contributed by atoms with Gasteiger partial charge in [-0.15, -0.1) is 12.4 Å². The van der Waals surface area contributed by atoms with Crippen molar-refractivity contribution in [3.05, 3.63) is 30.2 Å². The summed E-state index contributed by atoms with van der Waals surface area (Å²) in [6, 6.07) is 5.34. The Morgan fingerprint density at radius 1 is 1.60 bits per heavy atom. The van der Waals surface area contributed by atoms with Gasteiger partial charge in [0.2, 0.25) is 0 Å². The van der Waals surface area contributed by atoms with Gasteiger partial charge in [0.1, 0.15) is 5.69 Å². The molecule has 0 saturated carbocycles. The zero-order valence-electron chi connectivity index (χ0n) is 10.9. The van der Waals surface area contributed by atoms with Crippen LogP contribution in [-0.2, 0) is 0 Å². The van der Waals surface area contributed by atoms with Crippen LogP contribution in [0.15, 0.2) is 28.9 Å². The lowest BCUT2D eigenvalue weighted by Crippen LogP contribution is -2.30. The highest BCUT2D eigenvalue weighted by atomic mass is 35.5. The number of halogens is 1. The maximum absolute atomic E-state index is 12.3. The quantitative estimate of drug-likeness (QED) is 0.898. The number of furan rings is 1. The van der Waals surface area contributed by atoms with Crippen molar-refractivity contribution in [3.8, 4) is 11.5 Å². The van der Waals surface area contributed by atoms with Gasteiger partial charge in [0.25, 0.3) is 5.91 Å². The van der Waals surface area contributed by atoms with E-state index in [1.165, 1.54) is 0 Å². The molecule has 3 rings (SSSR count). The maximum atomic E-state index is 12.3. The van der Waals surface area contributed by atoms with Crippen LogP contribution in [0.4, 0.5) is 0 Å². The monoisotopic (exact) mass is 296 g/mol. The number of carbonyl (C=O) groups is 1. The summed E-state index contributed by atoms with van der Waals surface area (Å²) in [5.74, 6) is 1.03. The van der Waals surface area contributed by atoms with Gasteiger partial charge in [-0.1, -0.05) is 0 Å². The Bertz CT molecular complexity index is 567. The van der Waals surface area contributed by atoms with Gasteiger partial charge in [-0.05, 0) is 31.0 Å². The van der Waals surface area contributed by atoms with E-state index < -0.39 is 0 Å². The number of nitrogens with one attached hydrogen (secondary N) is 1. The third kappa shape index (κ3) is 2.71. The second kappa shape index (κ2) is 6.11. The lowest BCUT2D eigenvalue weighted by Gasteiger charge is -2.14. The van der Waals surface area contributed by atoms with E-state index in [9.17, 15) is 4.79 Å². The maximum Gasteiger partial charge on any atom is 0.274 e. The van der Waals surface area contributed by atoms with Gasteiger partial charge in [0, 0.05) is 19.2 Å². The van der Waals surface area contributed by atoms with Crippen molar-refractivity contribution >= 4 is 18.3 Å². The summed E-state index contributed by atoms with van der Waals surface area (Å²) in [6.07, 6.45) is 2.56. The number of carbonyl (C=O) groups excluding carboxylic acids is 1. The summed E-state index contributed by atoms with van der Waals surface area (Å²) in [4.78, 5) is 14.1. The van der Waals surface area contributed by atoms with E-state index in [1.807, 2.05) is 6.07 Å². The summed E-state index contributed by atoms with van der Waals surface area (Å²) in [5, 5.41) is 6.88. The van der Waals surface area contributed by atoms with Crippen LogP contribution in [0.1, 0.15) is 16.9 Å². The third-order valence-corrected chi connectivity index (χ3v) is 3.49. The smallest absolute Gasteiger partial charge is 0.274 e. The molecule has 0 bridgehead atoms. The highest BCUT2D eigenvalue weighted by Crippen LogP contribution is 2.21.